The molecule has 2 N–H and O–H groups in total. The molecule has 0 bridgehead atoms. The van der Waals surface area contributed by atoms with Gasteiger partial charge in [-0.2, -0.15) is 5.10 Å². The van der Waals surface area contributed by atoms with Crippen molar-refractivity contribution in [2.24, 2.45) is 7.05 Å². The number of aromatic nitrogens is 2. The zero-order valence-corrected chi connectivity index (χ0v) is 14.6. The van der Waals surface area contributed by atoms with E-state index in [1.807, 2.05) is 0 Å². The molecule has 2 aromatic rings. The number of methoxy groups -OCH3 is 2. The molecule has 0 radical (unpaired) electrons. The monoisotopic (exact) mass is 347 g/mol. The van der Waals surface area contributed by atoms with Gasteiger partial charge in [0.15, 0.2) is 11.5 Å². The van der Waals surface area contributed by atoms with Gasteiger partial charge >= 0.3 is 5.97 Å². The van der Waals surface area contributed by atoms with E-state index in [1.165, 1.54) is 20.4 Å². The van der Waals surface area contributed by atoms with Gasteiger partial charge in [-0.05, 0) is 24.6 Å². The second kappa shape index (κ2) is 7.69. The van der Waals surface area contributed by atoms with E-state index >= 15 is 0 Å². The summed E-state index contributed by atoms with van der Waals surface area (Å²) in [5.74, 6) is -0.424. The predicted octanol–water partition coefficient (Wildman–Crippen LogP) is 1.69. The van der Waals surface area contributed by atoms with Gasteiger partial charge in [-0.1, -0.05) is 6.07 Å². The second-order valence-electron chi connectivity index (χ2n) is 5.51. The van der Waals surface area contributed by atoms with Crippen molar-refractivity contribution in [1.82, 2.24) is 15.1 Å². The minimum absolute atomic E-state index is 0.263. The number of nitrogens with zero attached hydrogens (tertiary/aromatic N) is 2. The maximum absolute atomic E-state index is 12.5. The molecule has 0 saturated heterocycles. The van der Waals surface area contributed by atoms with Gasteiger partial charge in [-0.15, -0.1) is 0 Å². The highest BCUT2D eigenvalue weighted by Crippen LogP contribution is 2.31. The molecule has 8 heteroatoms. The van der Waals surface area contributed by atoms with E-state index in [4.69, 9.17) is 9.47 Å². The van der Waals surface area contributed by atoms with Crippen molar-refractivity contribution in [3.8, 4) is 11.5 Å². The van der Waals surface area contributed by atoms with Crippen molar-refractivity contribution in [2.75, 3.05) is 14.2 Å². The number of ether oxygens (including phenoxy) is 2. The van der Waals surface area contributed by atoms with Crippen molar-refractivity contribution in [2.45, 2.75) is 19.4 Å². The number of aliphatic carboxylic acids is 1. The Balaban J connectivity index is 2.31. The number of carboxylic acids is 1. The van der Waals surface area contributed by atoms with Crippen LogP contribution in [0.15, 0.2) is 24.4 Å². The van der Waals surface area contributed by atoms with Crippen LogP contribution in [0.2, 0.25) is 0 Å². The summed E-state index contributed by atoms with van der Waals surface area (Å²) >= 11 is 0. The number of hydrogen-bond donors (Lipinski definition) is 2. The summed E-state index contributed by atoms with van der Waals surface area (Å²) in [5.41, 5.74) is 1.70. The van der Waals surface area contributed by atoms with Crippen molar-refractivity contribution in [1.29, 1.82) is 0 Å². The Bertz CT molecular complexity index is 785. The fraction of sp³-hybridized carbons (Fsp3) is 0.353. The first kappa shape index (κ1) is 18.3. The highest BCUT2D eigenvalue weighted by atomic mass is 16.5. The van der Waals surface area contributed by atoms with Crippen LogP contribution in [0, 0.1) is 6.92 Å². The van der Waals surface area contributed by atoms with E-state index in [-0.39, 0.29) is 12.3 Å². The van der Waals surface area contributed by atoms with Crippen LogP contribution >= 0.6 is 0 Å². The maximum Gasteiger partial charge on any atom is 0.305 e. The summed E-state index contributed by atoms with van der Waals surface area (Å²) in [6.07, 6.45) is 1.19. The van der Waals surface area contributed by atoms with Crippen molar-refractivity contribution in [3.63, 3.8) is 0 Å². The van der Waals surface area contributed by atoms with Gasteiger partial charge in [-0.3, -0.25) is 14.3 Å². The molecule has 2 rings (SSSR count). The smallest absolute Gasteiger partial charge is 0.305 e. The average Bonchev–Trinajstić information content (AvgIpc) is 2.92. The first-order valence-electron chi connectivity index (χ1n) is 7.60. The summed E-state index contributed by atoms with van der Waals surface area (Å²) < 4.78 is 12.0. The van der Waals surface area contributed by atoms with Crippen LogP contribution in [0.3, 0.4) is 0 Å². The average molecular weight is 347 g/mol. The Morgan fingerprint density at radius 1 is 1.28 bits per heavy atom. The third-order valence-corrected chi connectivity index (χ3v) is 3.97. The number of hydrogen-bond acceptors (Lipinski definition) is 5. The molecule has 1 aromatic carbocycles. The molecule has 1 amide bonds. The lowest BCUT2D eigenvalue weighted by molar-refractivity contribution is -0.137. The normalized spacial score (nSPS) is 11.7. The van der Waals surface area contributed by atoms with Crippen LogP contribution in [-0.4, -0.2) is 41.0 Å². The van der Waals surface area contributed by atoms with Crippen molar-refractivity contribution < 1.29 is 24.2 Å². The topological polar surface area (TPSA) is 103 Å². The van der Waals surface area contributed by atoms with Gasteiger partial charge in [-0.25, -0.2) is 0 Å². The van der Waals surface area contributed by atoms with Crippen molar-refractivity contribution in [3.05, 3.63) is 41.2 Å². The summed E-state index contributed by atoms with van der Waals surface area (Å²) in [7, 11) is 4.74. The van der Waals surface area contributed by atoms with Crippen LogP contribution in [0.5, 0.6) is 11.5 Å². The van der Waals surface area contributed by atoms with Gasteiger partial charge in [0.2, 0.25) is 0 Å². The number of nitrogens with one attached hydrogen (secondary N) is 1. The second-order valence-corrected chi connectivity index (χ2v) is 5.51. The van der Waals surface area contributed by atoms with Crippen LogP contribution in [0.4, 0.5) is 0 Å². The third kappa shape index (κ3) is 4.09. The number of benzene rings is 1. The van der Waals surface area contributed by atoms with Gasteiger partial charge in [0, 0.05) is 12.7 Å². The number of amides is 1. The lowest BCUT2D eigenvalue weighted by Crippen LogP contribution is -2.30. The fourth-order valence-corrected chi connectivity index (χ4v) is 2.45. The third-order valence-electron chi connectivity index (χ3n) is 3.97. The summed E-state index contributed by atoms with van der Waals surface area (Å²) in [6.45, 7) is 1.77. The Hall–Kier alpha value is -3.03. The predicted molar refractivity (Wildman–Crippen MR) is 90.0 cm³/mol. The van der Waals surface area contributed by atoms with Gasteiger partial charge in [0.05, 0.1) is 38.4 Å². The van der Waals surface area contributed by atoms with Gasteiger partial charge in [0.25, 0.3) is 5.91 Å². The Morgan fingerprint density at radius 3 is 2.48 bits per heavy atom. The van der Waals surface area contributed by atoms with E-state index in [1.54, 1.807) is 36.9 Å². The molecule has 0 aliphatic heterocycles. The standard InChI is InChI=1S/C17H21N3O5/c1-10-12(9-18-20(10)2)17(23)19-13(8-16(21)22)11-5-6-14(24-3)15(7-11)25-4/h5-7,9,13H,8H2,1-4H3,(H,19,23)(H,21,22). The van der Waals surface area contributed by atoms with E-state index in [0.29, 0.717) is 28.3 Å². The van der Waals surface area contributed by atoms with E-state index in [9.17, 15) is 14.7 Å². The number of carbonyl (C=O) groups is 2. The van der Waals surface area contributed by atoms with Crippen LogP contribution in [-0.2, 0) is 11.8 Å². The van der Waals surface area contributed by atoms with Crippen LogP contribution in [0.25, 0.3) is 0 Å². The summed E-state index contributed by atoms with van der Waals surface area (Å²) in [6, 6.07) is 4.31. The Labute approximate surface area is 145 Å². The number of aryl methyl sites for hydroxylation is 1. The molecule has 0 aliphatic rings. The molecule has 1 heterocycles. The molecule has 1 aromatic heterocycles. The van der Waals surface area contributed by atoms with E-state index < -0.39 is 12.0 Å². The largest absolute Gasteiger partial charge is 0.493 e. The number of carbonyl (C=O) groups excluding carboxylic acids is 1. The lowest BCUT2D eigenvalue weighted by atomic mass is 10.0. The SMILES string of the molecule is COc1ccc(C(CC(=O)O)NC(=O)c2cnn(C)c2C)cc1OC. The quantitative estimate of drug-likeness (QED) is 0.790. The van der Waals surface area contributed by atoms with E-state index in [2.05, 4.69) is 10.4 Å². The molecule has 25 heavy (non-hydrogen) atoms. The summed E-state index contributed by atoms with van der Waals surface area (Å²) in [5, 5.41) is 16.0. The highest BCUT2D eigenvalue weighted by molar-refractivity contribution is 5.95. The molecule has 0 fully saturated rings. The van der Waals surface area contributed by atoms with Crippen LogP contribution < -0.4 is 14.8 Å². The molecule has 8 nitrogen and oxygen atoms in total. The fourth-order valence-electron chi connectivity index (χ4n) is 2.45. The molecule has 0 saturated carbocycles. The zero-order chi connectivity index (χ0) is 18.6. The van der Waals surface area contributed by atoms with Crippen LogP contribution in [0.1, 0.15) is 34.1 Å². The first-order chi connectivity index (χ1) is 11.9. The molecule has 134 valence electrons. The first-order valence-corrected chi connectivity index (χ1v) is 7.60. The van der Waals surface area contributed by atoms with Gasteiger partial charge in [0.1, 0.15) is 0 Å². The number of carboxylic acid groups (broad SMARTS) is 1. The maximum atomic E-state index is 12.5. The van der Waals surface area contributed by atoms with E-state index in [0.717, 1.165) is 0 Å². The number of rotatable bonds is 7. The Kier molecular flexibility index (Phi) is 5.63. The Morgan fingerprint density at radius 2 is 1.96 bits per heavy atom. The minimum Gasteiger partial charge on any atom is -0.493 e. The zero-order valence-electron chi connectivity index (χ0n) is 14.6. The molecule has 1 unspecified atom stereocenters. The highest BCUT2D eigenvalue weighted by Gasteiger charge is 2.22. The lowest BCUT2D eigenvalue weighted by Gasteiger charge is -2.19. The molecule has 0 spiro atoms. The summed E-state index contributed by atoms with van der Waals surface area (Å²) in [4.78, 5) is 23.7. The molecular weight excluding hydrogens is 326 g/mol. The van der Waals surface area contributed by atoms with Gasteiger partial charge < -0.3 is 19.9 Å². The molecular formula is C17H21N3O5. The molecule has 0 aliphatic carbocycles. The molecule has 1 atom stereocenters. The van der Waals surface area contributed by atoms with Crippen molar-refractivity contribution >= 4 is 11.9 Å². The minimum atomic E-state index is -1.03.